The summed E-state index contributed by atoms with van der Waals surface area (Å²) in [4.78, 5) is 153. The molecule has 0 bridgehead atoms. The highest BCUT2D eigenvalue weighted by molar-refractivity contribution is 6.35. The van der Waals surface area contributed by atoms with Crippen LogP contribution < -0.4 is 47.1 Å². The van der Waals surface area contributed by atoms with Gasteiger partial charge < -0.3 is 49.0 Å². The van der Waals surface area contributed by atoms with Crippen molar-refractivity contribution in [2.75, 3.05) is 98.1 Å². The van der Waals surface area contributed by atoms with E-state index in [0.29, 0.717) is 164 Å². The van der Waals surface area contributed by atoms with Crippen LogP contribution in [0.3, 0.4) is 0 Å². The Bertz CT molecular complexity index is 7710. The maximum absolute atomic E-state index is 14.9. The van der Waals surface area contributed by atoms with E-state index in [-0.39, 0.29) is 120 Å². The molecule has 14 aromatic rings. The van der Waals surface area contributed by atoms with Gasteiger partial charge in [0.15, 0.2) is 11.3 Å². The van der Waals surface area contributed by atoms with Gasteiger partial charge in [-0.2, -0.15) is 24.9 Å². The molecule has 4 atom stereocenters. The van der Waals surface area contributed by atoms with E-state index in [1.54, 1.807) is 73.7 Å². The van der Waals surface area contributed by atoms with Gasteiger partial charge in [-0.3, -0.25) is 28.3 Å². The highest BCUT2D eigenvalue weighted by Crippen LogP contribution is 2.44. The average Bonchev–Trinajstić information content (AvgIpc) is 0.735. The van der Waals surface area contributed by atoms with Crippen LogP contribution in [-0.2, 0) is 59.0 Å². The van der Waals surface area contributed by atoms with Crippen molar-refractivity contribution in [2.45, 2.75) is 112 Å². The van der Waals surface area contributed by atoms with Crippen molar-refractivity contribution >= 4 is 137 Å². The van der Waals surface area contributed by atoms with Crippen LogP contribution in [0.15, 0.2) is 215 Å². The second-order valence-electron chi connectivity index (χ2n) is 35.4. The van der Waals surface area contributed by atoms with E-state index in [1.807, 2.05) is 129 Å². The fourth-order valence-electron chi connectivity index (χ4n) is 18.8. The van der Waals surface area contributed by atoms with Crippen molar-refractivity contribution < 1.29 is 46.6 Å². The summed E-state index contributed by atoms with van der Waals surface area (Å²) >= 11 is 26.4. The smallest absolute Gasteiger partial charge is 0.355 e. The topological polar surface area (TPSA) is 315 Å². The molecule has 0 unspecified atom stereocenters. The summed E-state index contributed by atoms with van der Waals surface area (Å²) in [5.74, 6) is -1.18. The molecule has 1 N–H and O–H groups in total. The van der Waals surface area contributed by atoms with Crippen molar-refractivity contribution in [3.05, 3.63) is 309 Å². The highest BCUT2D eigenvalue weighted by Gasteiger charge is 2.37. The third-order valence-corrected chi connectivity index (χ3v) is 27.4. The van der Waals surface area contributed by atoms with Crippen LogP contribution in [0.2, 0.25) is 20.1 Å². The van der Waals surface area contributed by atoms with E-state index in [9.17, 15) is 61.0 Å². The van der Waals surface area contributed by atoms with E-state index >= 15 is 0 Å². The lowest BCUT2D eigenvalue weighted by molar-refractivity contribution is -0.127. The van der Waals surface area contributed by atoms with E-state index in [1.165, 1.54) is 75.4 Å². The Balaban J connectivity index is 0.000000146. The predicted molar refractivity (Wildman–Crippen MR) is 561 cm³/mol. The molecule has 4 saturated heterocycles. The number of fused-ring (bicyclic) bond motifs is 4. The van der Waals surface area contributed by atoms with Gasteiger partial charge in [0.2, 0.25) is 29.5 Å². The average molecular weight is 2050 g/mol. The molecule has 0 aliphatic carbocycles. The zero-order chi connectivity index (χ0) is 104. The molecule has 18 rings (SSSR count). The number of hydrogen-bond donors (Lipinski definition) is 1. The second kappa shape index (κ2) is 44.5. The Morgan fingerprint density at radius 1 is 0.386 bits per heavy atom. The zero-order valence-electron chi connectivity index (χ0n) is 81.7. The molecule has 12 heterocycles. The van der Waals surface area contributed by atoms with Gasteiger partial charge in [0.25, 0.3) is 0 Å². The van der Waals surface area contributed by atoms with Crippen molar-refractivity contribution in [1.29, 1.82) is 0 Å². The quantitative estimate of drug-likeness (QED) is 0.0580. The molecule has 4 amide bonds. The summed E-state index contributed by atoms with van der Waals surface area (Å²) < 4.78 is 70.5. The van der Waals surface area contributed by atoms with Gasteiger partial charge in [-0.1, -0.05) is 173 Å². The number of pyridine rings is 4. The maximum atomic E-state index is 14.9. The standard InChI is InChI=1S/C32H34ClN5O3.C31H30ClF2N5O2.C22H21ClFN5O3.C22H21ClFN5O2/c1-6-22-12-10-13-23(7-2)28(22)38-30-25(18-26(33)31(34-30)41-24-14-9-11-20(4)17-24)29(35-32(38)40)37-16-15-36(19-21(37)5)27(39)8-3;1-5-19-10-8-11-20(6-2)28(19)39-30-21(16-22(32)27(35-30)26-23(33)12-9-13-24(26)34)29(36-31(39)41)38-15-14-37(17-18(38)4)25(40)7-3;1-4-17(31)28-8-9-29(12(2)11-28)21-13-10-14(23)19(18-15(24)6-5-7-16(18)30)25-20(13)27(3)22(32)26-21;1-4-18(30)28-9-10-29(13(2)12-28)21-15-11-16(23)19(14-7-5-6-8-17(14)24)25-20(15)27(3)22(31)26-21/h8-14,17-18,21H,3,6-7,15-16,19H2,1-2,4-5H3;7-13,16,18H,3,5-6,14-15,17H2,1-2,4H3;4-7,10,12,30H,1,8-9,11H2,2-3H3;4-8,11,13H,1,9-10,12H2,2-3H3/t21-;18-;12-;13-/m0000/s1. The number of anilines is 4. The number of nitrogens with zero attached hydrogens (tertiary/aromatic N) is 20. The zero-order valence-corrected chi connectivity index (χ0v) is 84.7. The summed E-state index contributed by atoms with van der Waals surface area (Å²) in [6, 6.07) is 39.2. The number of aryl methyl sites for hydroxylation is 7. The van der Waals surface area contributed by atoms with E-state index in [2.05, 4.69) is 70.1 Å². The molecule has 0 spiro atoms. The molecule has 0 radical (unpaired) electrons. The normalized spacial score (nSPS) is 15.9. The first kappa shape index (κ1) is 104. The number of aromatic nitrogens is 12. The Morgan fingerprint density at radius 3 is 1.08 bits per heavy atom. The van der Waals surface area contributed by atoms with Crippen LogP contribution in [0.5, 0.6) is 17.4 Å². The maximum Gasteiger partial charge on any atom is 0.355 e. The van der Waals surface area contributed by atoms with Crippen LogP contribution in [0.1, 0.15) is 83.2 Å². The van der Waals surface area contributed by atoms with Gasteiger partial charge in [-0.15, -0.1) is 0 Å². The van der Waals surface area contributed by atoms with Crippen LogP contribution >= 0.6 is 46.4 Å². The second-order valence-corrected chi connectivity index (χ2v) is 37.0. The van der Waals surface area contributed by atoms with Crippen molar-refractivity contribution in [3.63, 3.8) is 0 Å². The molecule has 6 aromatic carbocycles. The van der Waals surface area contributed by atoms with E-state index in [0.717, 1.165) is 58.5 Å². The van der Waals surface area contributed by atoms with Crippen LogP contribution in [-0.4, -0.2) is 209 Å². The Labute approximate surface area is 852 Å². The molecular formula is C107H106Cl4F4N20O10. The minimum absolute atomic E-state index is 0.0161. The molecule has 4 aliphatic heterocycles. The summed E-state index contributed by atoms with van der Waals surface area (Å²) in [5.41, 5.74) is 5.42. The summed E-state index contributed by atoms with van der Waals surface area (Å²) in [6.07, 6.45) is 7.91. The van der Waals surface area contributed by atoms with Gasteiger partial charge in [-0.05, 0) is 185 Å². The monoisotopic (exact) mass is 2050 g/mol. The Hall–Kier alpha value is -15.0. The third kappa shape index (κ3) is 21.1. The van der Waals surface area contributed by atoms with Crippen molar-refractivity contribution in [1.82, 2.24) is 77.7 Å². The molecule has 30 nitrogen and oxygen atoms in total. The fourth-order valence-corrected chi connectivity index (χ4v) is 19.8. The van der Waals surface area contributed by atoms with Crippen LogP contribution in [0.4, 0.5) is 40.8 Å². The number of rotatable bonds is 19. The van der Waals surface area contributed by atoms with Gasteiger partial charge >= 0.3 is 22.8 Å². The number of halogens is 8. The number of carbonyl (C=O) groups is 4. The SMILES string of the molecule is C=CC(=O)N1CCN(c2nc(=O)n(-c3c(CC)cccc3CC)c3nc(-c4c(F)cccc4F)c(Cl)cc23)[C@@H](C)C1.C=CC(=O)N1CCN(c2nc(=O)n(-c3c(CC)cccc3CC)c3nc(Oc4cccc(C)c4)c(Cl)cc23)[C@@H](C)C1.C=CC(=O)N1CCN(c2nc(=O)n(C)c3nc(-c4c(O)cccc4F)c(Cl)cc23)[C@@H](C)C1.C=CC(=O)N1CCN(c2nc(=O)n(C)c3nc(-c4ccccc4F)c(Cl)cc23)[C@@H](C)C1. The number of aromatic hydroxyl groups is 1. The largest absolute Gasteiger partial charge is 0.507 e. The Morgan fingerprint density at radius 2 is 0.703 bits per heavy atom. The van der Waals surface area contributed by atoms with Crippen LogP contribution in [0, 0.1) is 30.2 Å². The number of ether oxygens (including phenoxy) is 1. The first-order valence-electron chi connectivity index (χ1n) is 47.3. The lowest BCUT2D eigenvalue weighted by Gasteiger charge is -2.40. The third-order valence-electron chi connectivity index (χ3n) is 26.3. The number of phenols is 1. The molecule has 4 aliphatic rings. The number of benzene rings is 6. The molecular weight excluding hydrogens is 1940 g/mol. The van der Waals surface area contributed by atoms with Gasteiger partial charge in [0.1, 0.15) is 74.4 Å². The van der Waals surface area contributed by atoms with Gasteiger partial charge in [-0.25, -0.2) is 60.8 Å². The first-order valence-corrected chi connectivity index (χ1v) is 48.8. The molecule has 38 heteroatoms. The molecule has 0 saturated carbocycles. The Kier molecular flexibility index (Phi) is 32.0. The van der Waals surface area contributed by atoms with Crippen LogP contribution in [0.25, 0.3) is 89.3 Å². The summed E-state index contributed by atoms with van der Waals surface area (Å²) in [6.45, 7) is 37.6. The molecule has 8 aromatic heterocycles. The molecule has 750 valence electrons. The molecule has 145 heavy (non-hydrogen) atoms. The van der Waals surface area contributed by atoms with E-state index < -0.39 is 46.0 Å². The highest BCUT2D eigenvalue weighted by atomic mass is 35.5. The number of hydrogen-bond acceptors (Lipinski definition) is 22. The summed E-state index contributed by atoms with van der Waals surface area (Å²) in [5, 5.41) is 13.0. The minimum atomic E-state index is -0.818. The van der Waals surface area contributed by atoms with E-state index in [4.69, 9.17) is 61.1 Å². The predicted octanol–water partition coefficient (Wildman–Crippen LogP) is 17.3. The number of piperazine rings is 4. The van der Waals surface area contributed by atoms with Crippen molar-refractivity contribution in [2.24, 2.45) is 14.1 Å². The first-order chi connectivity index (χ1) is 69.5. The van der Waals surface area contributed by atoms with Crippen molar-refractivity contribution in [3.8, 4) is 62.5 Å². The molecule has 4 fully saturated rings. The fraction of sp³-hybridized carbons (Fsp3) is 0.290. The van der Waals surface area contributed by atoms with Gasteiger partial charge in [0.05, 0.1) is 76.2 Å². The van der Waals surface area contributed by atoms with Gasteiger partial charge in [0, 0.05) is 122 Å². The minimum Gasteiger partial charge on any atom is -0.507 e. The number of phenolic OH excluding ortho intramolecular Hbond substituents is 1. The number of para-hydroxylation sites is 2. The lowest BCUT2D eigenvalue weighted by atomic mass is 10.0. The summed E-state index contributed by atoms with van der Waals surface area (Å²) in [7, 11) is 3.08. The number of amides is 4. The lowest BCUT2D eigenvalue weighted by Crippen LogP contribution is -2.54. The number of carbonyl (C=O) groups excluding carboxylic acids is 4.